The molecule has 9 heteroatoms. The Morgan fingerprint density at radius 2 is 2.40 bits per heavy atom. The summed E-state index contributed by atoms with van der Waals surface area (Å²) < 4.78 is 18.4. The summed E-state index contributed by atoms with van der Waals surface area (Å²) in [7, 11) is 0. The van der Waals surface area contributed by atoms with Crippen molar-refractivity contribution in [3.8, 4) is 0 Å². The smallest absolute Gasteiger partial charge is 0.414 e. The van der Waals surface area contributed by atoms with Crippen LogP contribution in [-0.2, 0) is 4.74 Å². The SMILES string of the molecule is [N-]=[N+]=NC[C@H]1COC(=O)N1c1ccc(C(=O)O)c(F)c1. The van der Waals surface area contributed by atoms with Gasteiger partial charge in [-0.1, -0.05) is 5.11 Å². The summed E-state index contributed by atoms with van der Waals surface area (Å²) in [4.78, 5) is 26.0. The van der Waals surface area contributed by atoms with Gasteiger partial charge in [0.1, 0.15) is 12.4 Å². The zero-order chi connectivity index (χ0) is 14.7. The topological polar surface area (TPSA) is 116 Å². The van der Waals surface area contributed by atoms with Gasteiger partial charge < -0.3 is 9.84 Å². The molecule has 0 aromatic heterocycles. The van der Waals surface area contributed by atoms with Gasteiger partial charge in [0.2, 0.25) is 0 Å². The third kappa shape index (κ3) is 2.47. The molecular weight excluding hydrogens is 271 g/mol. The molecule has 8 nitrogen and oxygen atoms in total. The standard InChI is InChI=1S/C11H9FN4O4/c12-9-3-6(1-2-8(9)10(17)18)16-7(4-14-15-13)5-20-11(16)19/h1-3,7H,4-5H2,(H,17,18)/t7-/m0/s1. The Kier molecular flexibility index (Phi) is 3.72. The molecule has 1 aliphatic heterocycles. The molecule has 1 aliphatic rings. The fourth-order valence-corrected chi connectivity index (χ4v) is 1.87. The molecule has 0 bridgehead atoms. The highest BCUT2D eigenvalue weighted by Crippen LogP contribution is 2.25. The fourth-order valence-electron chi connectivity index (χ4n) is 1.87. The van der Waals surface area contributed by atoms with E-state index in [9.17, 15) is 14.0 Å². The Labute approximate surface area is 112 Å². The lowest BCUT2D eigenvalue weighted by atomic mass is 10.1. The second kappa shape index (κ2) is 5.45. The van der Waals surface area contributed by atoms with Gasteiger partial charge in [-0.2, -0.15) is 0 Å². The summed E-state index contributed by atoms with van der Waals surface area (Å²) in [6, 6.07) is 2.73. The van der Waals surface area contributed by atoms with Gasteiger partial charge in [-0.05, 0) is 23.7 Å². The van der Waals surface area contributed by atoms with Crippen molar-refractivity contribution in [2.75, 3.05) is 18.1 Å². The van der Waals surface area contributed by atoms with Crippen molar-refractivity contribution in [3.05, 3.63) is 40.0 Å². The molecular formula is C11H9FN4O4. The second-order valence-corrected chi connectivity index (χ2v) is 3.98. The first-order valence-electron chi connectivity index (χ1n) is 5.54. The summed E-state index contributed by atoms with van der Waals surface area (Å²) in [5.74, 6) is -2.36. The number of amides is 1. The first-order chi connectivity index (χ1) is 9.54. The highest BCUT2D eigenvalue weighted by Gasteiger charge is 2.34. The van der Waals surface area contributed by atoms with E-state index in [4.69, 9.17) is 15.4 Å². The minimum atomic E-state index is -1.40. The number of carboxylic acids is 1. The molecule has 0 aliphatic carbocycles. The minimum absolute atomic E-state index is 0.0140. The molecule has 1 fully saturated rings. The molecule has 1 aromatic rings. The van der Waals surface area contributed by atoms with E-state index in [1.54, 1.807) is 0 Å². The third-order valence-electron chi connectivity index (χ3n) is 2.78. The van der Waals surface area contributed by atoms with E-state index in [2.05, 4.69) is 10.0 Å². The van der Waals surface area contributed by atoms with Crippen LogP contribution >= 0.6 is 0 Å². The molecule has 0 radical (unpaired) electrons. The molecule has 1 aromatic carbocycles. The summed E-state index contributed by atoms with van der Waals surface area (Å²) in [5.41, 5.74) is 7.93. The van der Waals surface area contributed by atoms with Crippen LogP contribution in [-0.4, -0.2) is 36.4 Å². The average Bonchev–Trinajstić information content (AvgIpc) is 2.77. The minimum Gasteiger partial charge on any atom is -0.478 e. The van der Waals surface area contributed by atoms with Gasteiger partial charge in [-0.3, -0.25) is 4.90 Å². The van der Waals surface area contributed by atoms with Gasteiger partial charge in [0.25, 0.3) is 0 Å². The van der Waals surface area contributed by atoms with Crippen molar-refractivity contribution >= 4 is 17.7 Å². The quantitative estimate of drug-likeness (QED) is 0.516. The number of azide groups is 1. The van der Waals surface area contributed by atoms with Crippen LogP contribution < -0.4 is 4.90 Å². The zero-order valence-electron chi connectivity index (χ0n) is 10.1. The van der Waals surface area contributed by atoms with Crippen molar-refractivity contribution in [2.45, 2.75) is 6.04 Å². The number of anilines is 1. The molecule has 1 heterocycles. The van der Waals surface area contributed by atoms with E-state index in [-0.39, 0.29) is 18.8 Å². The van der Waals surface area contributed by atoms with Crippen LogP contribution in [0.5, 0.6) is 0 Å². The van der Waals surface area contributed by atoms with Gasteiger partial charge in [0.15, 0.2) is 0 Å². The number of carbonyl (C=O) groups excluding carboxylic acids is 1. The van der Waals surface area contributed by atoms with Gasteiger partial charge in [-0.25, -0.2) is 14.0 Å². The summed E-state index contributed by atoms with van der Waals surface area (Å²) in [5, 5.41) is 12.1. The molecule has 1 N–H and O–H groups in total. The first kappa shape index (κ1) is 13.6. The number of halogens is 1. The number of hydrogen-bond acceptors (Lipinski definition) is 4. The van der Waals surface area contributed by atoms with E-state index in [1.807, 2.05) is 0 Å². The Morgan fingerprint density at radius 3 is 3.00 bits per heavy atom. The average molecular weight is 280 g/mol. The molecule has 1 atom stereocenters. The van der Waals surface area contributed by atoms with Gasteiger partial charge in [-0.15, -0.1) is 0 Å². The predicted molar refractivity (Wildman–Crippen MR) is 65.0 cm³/mol. The first-order valence-corrected chi connectivity index (χ1v) is 5.54. The number of ether oxygens (including phenoxy) is 1. The van der Waals surface area contributed by atoms with Crippen LogP contribution in [0.3, 0.4) is 0 Å². The summed E-state index contributed by atoms with van der Waals surface area (Å²) in [6.45, 7) is -0.00923. The van der Waals surface area contributed by atoms with Gasteiger partial charge in [0, 0.05) is 4.91 Å². The van der Waals surface area contributed by atoms with Crippen molar-refractivity contribution in [1.29, 1.82) is 0 Å². The number of carbonyl (C=O) groups is 2. The van der Waals surface area contributed by atoms with Crippen LogP contribution in [0.1, 0.15) is 10.4 Å². The number of hydrogen-bond donors (Lipinski definition) is 1. The third-order valence-corrected chi connectivity index (χ3v) is 2.78. The zero-order valence-corrected chi connectivity index (χ0v) is 10.1. The summed E-state index contributed by atoms with van der Waals surface area (Å²) in [6.07, 6.45) is -0.703. The van der Waals surface area contributed by atoms with E-state index >= 15 is 0 Å². The monoisotopic (exact) mass is 280 g/mol. The number of benzene rings is 1. The predicted octanol–water partition coefficient (Wildman–Crippen LogP) is 2.16. The fraction of sp³-hybridized carbons (Fsp3) is 0.273. The molecule has 104 valence electrons. The second-order valence-electron chi connectivity index (χ2n) is 3.98. The van der Waals surface area contributed by atoms with E-state index < -0.39 is 29.5 Å². The van der Waals surface area contributed by atoms with E-state index in [0.717, 1.165) is 17.0 Å². The number of cyclic esters (lactones) is 1. The maximum absolute atomic E-state index is 13.6. The number of aromatic carboxylic acids is 1. The molecule has 2 rings (SSSR count). The highest BCUT2D eigenvalue weighted by molar-refractivity contribution is 5.92. The lowest BCUT2D eigenvalue weighted by Crippen LogP contribution is -2.35. The van der Waals surface area contributed by atoms with Crippen molar-refractivity contribution in [3.63, 3.8) is 0 Å². The normalized spacial score (nSPS) is 17.6. The van der Waals surface area contributed by atoms with Crippen LogP contribution in [0.15, 0.2) is 23.3 Å². The number of carboxylic acid groups (broad SMARTS) is 1. The molecule has 0 saturated carbocycles. The Balaban J connectivity index is 2.33. The number of rotatable bonds is 4. The highest BCUT2D eigenvalue weighted by atomic mass is 19.1. The molecule has 1 saturated heterocycles. The van der Waals surface area contributed by atoms with Crippen molar-refractivity contribution < 1.29 is 23.8 Å². The van der Waals surface area contributed by atoms with E-state index in [1.165, 1.54) is 6.07 Å². The van der Waals surface area contributed by atoms with Gasteiger partial charge >= 0.3 is 12.1 Å². The van der Waals surface area contributed by atoms with Gasteiger partial charge in [0.05, 0.1) is 23.8 Å². The van der Waals surface area contributed by atoms with Crippen molar-refractivity contribution in [2.24, 2.45) is 5.11 Å². The van der Waals surface area contributed by atoms with Crippen LogP contribution in [0, 0.1) is 5.82 Å². The maximum atomic E-state index is 13.6. The Hall–Kier alpha value is -2.80. The Bertz CT molecular complexity index is 614. The molecule has 0 unspecified atom stereocenters. The Morgan fingerprint density at radius 1 is 1.65 bits per heavy atom. The van der Waals surface area contributed by atoms with Crippen molar-refractivity contribution in [1.82, 2.24) is 0 Å². The molecule has 0 spiro atoms. The lowest BCUT2D eigenvalue weighted by Gasteiger charge is -2.20. The van der Waals surface area contributed by atoms with Crippen LogP contribution in [0.4, 0.5) is 14.9 Å². The number of nitrogens with zero attached hydrogens (tertiary/aromatic N) is 4. The molecule has 1 amide bonds. The largest absolute Gasteiger partial charge is 0.478 e. The van der Waals surface area contributed by atoms with Crippen LogP contribution in [0.2, 0.25) is 0 Å². The lowest BCUT2D eigenvalue weighted by molar-refractivity contribution is 0.0692. The van der Waals surface area contributed by atoms with Crippen LogP contribution in [0.25, 0.3) is 10.4 Å². The maximum Gasteiger partial charge on any atom is 0.414 e. The molecule has 20 heavy (non-hydrogen) atoms. The van der Waals surface area contributed by atoms with E-state index in [0.29, 0.717) is 0 Å². The summed E-state index contributed by atoms with van der Waals surface area (Å²) >= 11 is 0.